The number of morpholine rings is 1. The molecule has 0 saturated carbocycles. The average Bonchev–Trinajstić information content (AvgIpc) is 2.82. The molecule has 2 rings (SSSR count). The molecule has 20 heavy (non-hydrogen) atoms. The molecule has 2 aliphatic heterocycles. The van der Waals surface area contributed by atoms with Gasteiger partial charge in [-0.25, -0.2) is 0 Å². The minimum absolute atomic E-state index is 0.0764. The van der Waals surface area contributed by atoms with Crippen molar-refractivity contribution < 1.29 is 9.53 Å². The fraction of sp³-hybridized carbons (Fsp3) is 0.857. The lowest BCUT2D eigenvalue weighted by Crippen LogP contribution is -2.51. The summed E-state index contributed by atoms with van der Waals surface area (Å²) in [5.41, 5.74) is 5.65. The molecule has 2 heterocycles. The van der Waals surface area contributed by atoms with Crippen molar-refractivity contribution in [1.29, 1.82) is 0 Å². The summed E-state index contributed by atoms with van der Waals surface area (Å²) in [5, 5.41) is 2.94. The van der Waals surface area contributed by atoms with Gasteiger partial charge in [0.15, 0.2) is 0 Å². The van der Waals surface area contributed by atoms with Gasteiger partial charge in [0.2, 0.25) is 5.91 Å². The van der Waals surface area contributed by atoms with Crippen LogP contribution >= 0.6 is 12.2 Å². The summed E-state index contributed by atoms with van der Waals surface area (Å²) in [6.07, 6.45) is 2.56. The summed E-state index contributed by atoms with van der Waals surface area (Å²) >= 11 is 4.98. The van der Waals surface area contributed by atoms with Crippen molar-refractivity contribution in [1.82, 2.24) is 10.2 Å². The van der Waals surface area contributed by atoms with Crippen LogP contribution in [-0.4, -0.2) is 54.2 Å². The molecule has 6 heteroatoms. The molecular formula is C14H25N3O2S. The zero-order valence-electron chi connectivity index (χ0n) is 12.3. The lowest BCUT2D eigenvalue weighted by atomic mass is 9.95. The van der Waals surface area contributed by atoms with Crippen LogP contribution in [0, 0.1) is 11.8 Å². The second kappa shape index (κ2) is 6.83. The minimum atomic E-state index is -0.395. The minimum Gasteiger partial charge on any atom is -0.393 e. The number of fused-ring (bicyclic) bond motifs is 1. The molecule has 2 aliphatic rings. The maximum absolute atomic E-state index is 12.1. The van der Waals surface area contributed by atoms with Crippen molar-refractivity contribution in [2.75, 3.05) is 26.2 Å². The number of carbonyl (C=O) groups is 1. The molecule has 2 saturated heterocycles. The van der Waals surface area contributed by atoms with Gasteiger partial charge in [0, 0.05) is 19.1 Å². The highest BCUT2D eigenvalue weighted by molar-refractivity contribution is 7.80. The third-order valence-electron chi connectivity index (χ3n) is 4.22. The van der Waals surface area contributed by atoms with Crippen LogP contribution in [0.2, 0.25) is 0 Å². The van der Waals surface area contributed by atoms with E-state index in [1.165, 1.54) is 12.8 Å². The van der Waals surface area contributed by atoms with Gasteiger partial charge in [-0.15, -0.1) is 0 Å². The first-order chi connectivity index (χ1) is 9.49. The third kappa shape index (κ3) is 3.68. The number of hydrogen-bond acceptors (Lipinski definition) is 4. The zero-order valence-corrected chi connectivity index (χ0v) is 13.1. The quantitative estimate of drug-likeness (QED) is 0.725. The lowest BCUT2D eigenvalue weighted by molar-refractivity contribution is -0.125. The van der Waals surface area contributed by atoms with Gasteiger partial charge < -0.3 is 15.8 Å². The Kier molecular flexibility index (Phi) is 5.35. The highest BCUT2D eigenvalue weighted by Gasteiger charge is 2.33. The van der Waals surface area contributed by atoms with E-state index in [2.05, 4.69) is 10.2 Å². The first kappa shape index (κ1) is 15.7. The molecular weight excluding hydrogens is 274 g/mol. The van der Waals surface area contributed by atoms with Gasteiger partial charge in [0.1, 0.15) is 0 Å². The van der Waals surface area contributed by atoms with E-state index in [1.807, 2.05) is 13.8 Å². The highest BCUT2D eigenvalue weighted by atomic mass is 32.1. The summed E-state index contributed by atoms with van der Waals surface area (Å²) in [4.78, 5) is 14.9. The van der Waals surface area contributed by atoms with E-state index >= 15 is 0 Å². The molecule has 114 valence electrons. The van der Waals surface area contributed by atoms with E-state index < -0.39 is 5.92 Å². The van der Waals surface area contributed by atoms with Crippen LogP contribution in [0.5, 0.6) is 0 Å². The Labute approximate surface area is 126 Å². The van der Waals surface area contributed by atoms with E-state index in [-0.39, 0.29) is 22.9 Å². The van der Waals surface area contributed by atoms with E-state index in [9.17, 15) is 4.79 Å². The highest BCUT2D eigenvalue weighted by Crippen LogP contribution is 2.22. The Balaban J connectivity index is 1.79. The number of nitrogens with one attached hydrogen (secondary N) is 1. The first-order valence-corrected chi connectivity index (χ1v) is 7.82. The maximum Gasteiger partial charge on any atom is 0.230 e. The zero-order chi connectivity index (χ0) is 14.7. The normalized spacial score (nSPS) is 28.1. The molecule has 0 aromatic heterocycles. The first-order valence-electron chi connectivity index (χ1n) is 7.41. The molecule has 2 fully saturated rings. The average molecular weight is 299 g/mol. The van der Waals surface area contributed by atoms with Crippen LogP contribution in [0.25, 0.3) is 0 Å². The number of hydrogen-bond donors (Lipinski definition) is 2. The second-order valence-electron chi connectivity index (χ2n) is 6.12. The molecule has 0 aromatic rings. The van der Waals surface area contributed by atoms with Crippen molar-refractivity contribution in [3.8, 4) is 0 Å². The Bertz CT molecular complexity index is 375. The smallest absolute Gasteiger partial charge is 0.230 e. The number of thiocarbonyl (C=S) groups is 1. The number of nitrogens with zero attached hydrogens (tertiary/aromatic N) is 1. The molecule has 3 atom stereocenters. The molecule has 3 N–H and O–H groups in total. The topological polar surface area (TPSA) is 67.6 Å². The van der Waals surface area contributed by atoms with Crippen molar-refractivity contribution >= 4 is 23.1 Å². The Morgan fingerprint density at radius 1 is 1.55 bits per heavy atom. The van der Waals surface area contributed by atoms with E-state index in [1.54, 1.807) is 0 Å². The largest absolute Gasteiger partial charge is 0.393 e. The molecule has 0 aliphatic carbocycles. The van der Waals surface area contributed by atoms with Crippen molar-refractivity contribution in [3.63, 3.8) is 0 Å². The summed E-state index contributed by atoms with van der Waals surface area (Å²) in [5.74, 6) is -0.365. The predicted molar refractivity (Wildman–Crippen MR) is 82.5 cm³/mol. The molecule has 1 amide bonds. The van der Waals surface area contributed by atoms with Crippen LogP contribution in [0.1, 0.15) is 26.7 Å². The number of carbonyl (C=O) groups excluding carboxylic acids is 1. The van der Waals surface area contributed by atoms with Gasteiger partial charge in [-0.1, -0.05) is 26.1 Å². The molecule has 5 nitrogen and oxygen atoms in total. The number of rotatable bonds is 5. The van der Waals surface area contributed by atoms with Crippen molar-refractivity contribution in [3.05, 3.63) is 0 Å². The summed E-state index contributed by atoms with van der Waals surface area (Å²) in [6, 6.07) is 0.585. The fourth-order valence-electron chi connectivity index (χ4n) is 3.09. The van der Waals surface area contributed by atoms with Crippen LogP contribution in [-0.2, 0) is 9.53 Å². The Morgan fingerprint density at radius 2 is 2.30 bits per heavy atom. The van der Waals surface area contributed by atoms with Gasteiger partial charge in [-0.05, 0) is 25.3 Å². The van der Waals surface area contributed by atoms with Gasteiger partial charge >= 0.3 is 0 Å². The monoisotopic (exact) mass is 299 g/mol. The number of nitrogens with two attached hydrogens (primary N) is 1. The van der Waals surface area contributed by atoms with E-state index in [0.717, 1.165) is 19.7 Å². The predicted octanol–water partition coefficient (Wildman–Crippen LogP) is 0.524. The van der Waals surface area contributed by atoms with Gasteiger partial charge in [-0.2, -0.15) is 0 Å². The molecule has 0 bridgehead atoms. The Hall–Kier alpha value is -0.720. The second-order valence-corrected chi connectivity index (χ2v) is 6.59. The molecule has 0 spiro atoms. The van der Waals surface area contributed by atoms with Crippen LogP contribution in [0.3, 0.4) is 0 Å². The van der Waals surface area contributed by atoms with E-state index in [4.69, 9.17) is 22.7 Å². The number of amides is 1. The summed E-state index contributed by atoms with van der Waals surface area (Å²) < 4.78 is 5.82. The van der Waals surface area contributed by atoms with Gasteiger partial charge in [0.25, 0.3) is 0 Å². The van der Waals surface area contributed by atoms with Gasteiger partial charge in [0.05, 0.1) is 23.6 Å². The molecule has 0 aromatic carbocycles. The maximum atomic E-state index is 12.1. The molecule has 0 radical (unpaired) electrons. The van der Waals surface area contributed by atoms with Gasteiger partial charge in [-0.3, -0.25) is 9.69 Å². The number of ether oxygens (including phenoxy) is 1. The SMILES string of the molecule is CC(C)C(C(=O)NCC1CN2CCCC2CO1)C(N)=S. The Morgan fingerprint density at radius 3 is 2.95 bits per heavy atom. The lowest BCUT2D eigenvalue weighted by Gasteiger charge is -2.35. The molecule has 3 unspecified atom stereocenters. The fourth-order valence-corrected chi connectivity index (χ4v) is 3.47. The summed E-state index contributed by atoms with van der Waals surface area (Å²) in [7, 11) is 0. The summed E-state index contributed by atoms with van der Waals surface area (Å²) in [6.45, 7) is 7.28. The van der Waals surface area contributed by atoms with E-state index in [0.29, 0.717) is 12.6 Å². The van der Waals surface area contributed by atoms with Crippen LogP contribution in [0.15, 0.2) is 0 Å². The van der Waals surface area contributed by atoms with Crippen molar-refractivity contribution in [2.45, 2.75) is 38.8 Å². The third-order valence-corrected chi connectivity index (χ3v) is 4.48. The standard InChI is InChI=1S/C14H25N3O2S/c1-9(2)12(13(15)20)14(18)16-6-11-7-17-5-3-4-10(17)8-19-11/h9-12H,3-8H2,1-2H3,(H2,15,20)(H,16,18). The van der Waals surface area contributed by atoms with Crippen LogP contribution in [0.4, 0.5) is 0 Å². The van der Waals surface area contributed by atoms with Crippen LogP contribution < -0.4 is 11.1 Å². The van der Waals surface area contributed by atoms with Crippen molar-refractivity contribution in [2.24, 2.45) is 17.6 Å².